The molecule has 0 amide bonds. The number of carbonyl (C=O) groups excluding carboxylic acids is 1. The summed E-state index contributed by atoms with van der Waals surface area (Å²) in [5, 5.41) is 0.260. The van der Waals surface area contributed by atoms with Crippen LogP contribution in [0.25, 0.3) is 0 Å². The number of carbonyl (C=O) groups is 1. The topological polar surface area (TPSA) is 17.1 Å². The zero-order chi connectivity index (χ0) is 10.7. The molecule has 0 radical (unpaired) electrons. The molecule has 0 N–H and O–H groups in total. The molecule has 14 heavy (non-hydrogen) atoms. The first-order valence-corrected chi connectivity index (χ1v) is 5.92. The average Bonchev–Trinajstić information content (AvgIpc) is 2.17. The Hall–Kier alpha value is -0.340. The second kappa shape index (κ2) is 4.94. The van der Waals surface area contributed by atoms with Gasteiger partial charge in [0.25, 0.3) is 0 Å². The zero-order valence-electron chi connectivity index (χ0n) is 8.18. The number of Topliss-reactive ketones (excluding diaryl/α,β-unsaturated/α-hetero) is 1. The highest BCUT2D eigenvalue weighted by molar-refractivity contribution is 9.08. The Bertz CT molecular complexity index is 349. The van der Waals surface area contributed by atoms with E-state index in [0.29, 0.717) is 0 Å². The third-order valence-corrected chi connectivity index (χ3v) is 3.32. The van der Waals surface area contributed by atoms with Gasteiger partial charge in [0, 0.05) is 5.33 Å². The molecule has 3 heteroatoms. The van der Waals surface area contributed by atoms with Crippen molar-refractivity contribution < 1.29 is 4.79 Å². The monoisotopic (exact) mass is 274 g/mol. The molecule has 0 aromatic heterocycles. The number of ketones is 1. The molecular formula is C11H12BrClO. The quantitative estimate of drug-likeness (QED) is 0.768. The van der Waals surface area contributed by atoms with Gasteiger partial charge in [0.1, 0.15) is 5.38 Å². The molecular weight excluding hydrogens is 263 g/mol. The maximum atomic E-state index is 11.2. The lowest BCUT2D eigenvalue weighted by Crippen LogP contribution is -2.04. The smallest absolute Gasteiger partial charge is 0.152 e. The molecule has 0 aliphatic carbocycles. The maximum absolute atomic E-state index is 11.2. The van der Waals surface area contributed by atoms with Gasteiger partial charge in [-0.3, -0.25) is 4.79 Å². The van der Waals surface area contributed by atoms with Gasteiger partial charge < -0.3 is 0 Å². The fourth-order valence-electron chi connectivity index (χ4n) is 1.27. The van der Waals surface area contributed by atoms with E-state index in [1.165, 1.54) is 6.92 Å². The normalized spacial score (nSPS) is 12.6. The summed E-state index contributed by atoms with van der Waals surface area (Å²) in [6.07, 6.45) is 0. The Labute approximate surface area is 97.6 Å². The molecule has 0 spiro atoms. The van der Waals surface area contributed by atoms with Gasteiger partial charge in [0.2, 0.25) is 0 Å². The molecule has 1 rings (SSSR count). The summed E-state index contributed by atoms with van der Waals surface area (Å²) >= 11 is 9.38. The van der Waals surface area contributed by atoms with Crippen LogP contribution in [0.1, 0.15) is 29.0 Å². The molecule has 0 fully saturated rings. The minimum atomic E-state index is -0.519. The van der Waals surface area contributed by atoms with Crippen molar-refractivity contribution in [2.24, 2.45) is 0 Å². The van der Waals surface area contributed by atoms with Crippen LogP contribution in [-0.4, -0.2) is 5.78 Å². The summed E-state index contributed by atoms with van der Waals surface area (Å²) in [6, 6.07) is 5.99. The third kappa shape index (κ3) is 2.58. The number of halogens is 2. The number of alkyl halides is 2. The highest BCUT2D eigenvalue weighted by Crippen LogP contribution is 2.26. The van der Waals surface area contributed by atoms with E-state index in [4.69, 9.17) is 11.6 Å². The van der Waals surface area contributed by atoms with Crippen molar-refractivity contribution in [1.29, 1.82) is 0 Å². The van der Waals surface area contributed by atoms with Crippen LogP contribution in [-0.2, 0) is 10.1 Å². The first kappa shape index (κ1) is 11.7. The Morgan fingerprint density at radius 2 is 2.21 bits per heavy atom. The minimum Gasteiger partial charge on any atom is -0.298 e. The van der Waals surface area contributed by atoms with Crippen LogP contribution in [0.2, 0.25) is 0 Å². The Morgan fingerprint density at radius 3 is 2.71 bits per heavy atom. The molecule has 0 aliphatic heterocycles. The maximum Gasteiger partial charge on any atom is 0.152 e. The van der Waals surface area contributed by atoms with E-state index in [-0.39, 0.29) is 5.78 Å². The fraction of sp³-hybridized carbons (Fsp3) is 0.364. The molecule has 0 saturated heterocycles. The second-order valence-electron chi connectivity index (χ2n) is 3.30. The van der Waals surface area contributed by atoms with Crippen molar-refractivity contribution in [2.75, 3.05) is 0 Å². The molecule has 0 bridgehead atoms. The lowest BCUT2D eigenvalue weighted by Gasteiger charge is -2.10. The summed E-state index contributed by atoms with van der Waals surface area (Å²) in [6.45, 7) is 3.48. The highest BCUT2D eigenvalue weighted by Gasteiger charge is 2.15. The fourth-order valence-corrected chi connectivity index (χ4v) is 1.85. The van der Waals surface area contributed by atoms with Gasteiger partial charge >= 0.3 is 0 Å². The predicted molar refractivity (Wildman–Crippen MR) is 63.1 cm³/mol. The first-order chi connectivity index (χ1) is 6.56. The zero-order valence-corrected chi connectivity index (χ0v) is 10.5. The van der Waals surface area contributed by atoms with Gasteiger partial charge in [-0.2, -0.15) is 0 Å². The number of hydrogen-bond donors (Lipinski definition) is 0. The molecule has 1 aromatic carbocycles. The number of benzene rings is 1. The molecule has 0 aliphatic rings. The van der Waals surface area contributed by atoms with Gasteiger partial charge in [0.15, 0.2) is 5.78 Å². The molecule has 76 valence electrons. The lowest BCUT2D eigenvalue weighted by atomic mass is 10.0. The van der Waals surface area contributed by atoms with E-state index in [9.17, 15) is 4.79 Å². The molecule has 1 atom stereocenters. The lowest BCUT2D eigenvalue weighted by molar-refractivity contribution is -0.116. The number of rotatable bonds is 3. The summed E-state index contributed by atoms with van der Waals surface area (Å²) in [5.41, 5.74) is 3.11. The van der Waals surface area contributed by atoms with Crippen LogP contribution in [0.15, 0.2) is 18.2 Å². The molecule has 0 heterocycles. The molecule has 1 unspecified atom stereocenters. The first-order valence-electron chi connectivity index (χ1n) is 4.36. The van der Waals surface area contributed by atoms with Gasteiger partial charge in [-0.05, 0) is 30.5 Å². The van der Waals surface area contributed by atoms with Crippen LogP contribution in [0.4, 0.5) is 0 Å². The SMILES string of the molecule is CC(=O)C(Cl)c1cc(CBr)ccc1C. The van der Waals surface area contributed by atoms with Crippen LogP contribution < -0.4 is 0 Å². The van der Waals surface area contributed by atoms with Gasteiger partial charge in [-0.25, -0.2) is 0 Å². The van der Waals surface area contributed by atoms with Crippen LogP contribution >= 0.6 is 27.5 Å². The number of aryl methyl sites for hydroxylation is 1. The molecule has 1 nitrogen and oxygen atoms in total. The van der Waals surface area contributed by atoms with Crippen LogP contribution in [0, 0.1) is 6.92 Å². The van der Waals surface area contributed by atoms with Crippen molar-refractivity contribution in [3.05, 3.63) is 34.9 Å². The van der Waals surface area contributed by atoms with E-state index in [2.05, 4.69) is 15.9 Å². The van der Waals surface area contributed by atoms with Crippen molar-refractivity contribution >= 4 is 33.3 Å². The van der Waals surface area contributed by atoms with Gasteiger partial charge in [-0.1, -0.05) is 34.1 Å². The number of hydrogen-bond acceptors (Lipinski definition) is 1. The largest absolute Gasteiger partial charge is 0.298 e. The van der Waals surface area contributed by atoms with Crippen molar-refractivity contribution in [3.63, 3.8) is 0 Å². The summed E-state index contributed by atoms with van der Waals surface area (Å²) < 4.78 is 0. The molecule has 0 saturated carbocycles. The van der Waals surface area contributed by atoms with Crippen LogP contribution in [0.5, 0.6) is 0 Å². The van der Waals surface area contributed by atoms with Crippen molar-refractivity contribution in [2.45, 2.75) is 24.6 Å². The Morgan fingerprint density at radius 1 is 1.57 bits per heavy atom. The van der Waals surface area contributed by atoms with Gasteiger partial charge in [0.05, 0.1) is 0 Å². The molecule has 1 aromatic rings. The highest BCUT2D eigenvalue weighted by atomic mass is 79.9. The van der Waals surface area contributed by atoms with Crippen LogP contribution in [0.3, 0.4) is 0 Å². The predicted octanol–water partition coefficient (Wildman–Crippen LogP) is 3.76. The van der Waals surface area contributed by atoms with E-state index in [1.54, 1.807) is 0 Å². The minimum absolute atomic E-state index is 0.0125. The Balaban J connectivity index is 3.11. The standard InChI is InChI=1S/C11H12BrClO/c1-7-3-4-9(6-12)5-10(7)11(13)8(2)14/h3-5,11H,6H2,1-2H3. The summed E-state index contributed by atoms with van der Waals surface area (Å²) in [4.78, 5) is 11.2. The summed E-state index contributed by atoms with van der Waals surface area (Å²) in [5.74, 6) is -0.0125. The Kier molecular flexibility index (Phi) is 4.14. The third-order valence-electron chi connectivity index (χ3n) is 2.13. The average molecular weight is 276 g/mol. The van der Waals surface area contributed by atoms with E-state index in [0.717, 1.165) is 22.0 Å². The van der Waals surface area contributed by atoms with Crippen molar-refractivity contribution in [1.82, 2.24) is 0 Å². The van der Waals surface area contributed by atoms with E-state index in [1.807, 2.05) is 25.1 Å². The van der Waals surface area contributed by atoms with E-state index >= 15 is 0 Å². The van der Waals surface area contributed by atoms with E-state index < -0.39 is 5.38 Å². The summed E-state index contributed by atoms with van der Waals surface area (Å²) in [7, 11) is 0. The van der Waals surface area contributed by atoms with Gasteiger partial charge in [-0.15, -0.1) is 11.6 Å². The van der Waals surface area contributed by atoms with Crippen molar-refractivity contribution in [3.8, 4) is 0 Å². The second-order valence-corrected chi connectivity index (χ2v) is 4.29.